The van der Waals surface area contributed by atoms with Gasteiger partial charge >= 0.3 is 0 Å². The summed E-state index contributed by atoms with van der Waals surface area (Å²) >= 11 is 0. The van der Waals surface area contributed by atoms with E-state index in [9.17, 15) is 4.79 Å². The summed E-state index contributed by atoms with van der Waals surface area (Å²) in [4.78, 5) is 13.4. The number of carbonyl (C=O) groups is 1. The Bertz CT molecular complexity index is 403. The van der Waals surface area contributed by atoms with E-state index in [0.717, 1.165) is 31.5 Å². The number of primary amides is 1. The Morgan fingerprint density at radius 2 is 1.67 bits per heavy atom. The highest BCUT2D eigenvalue weighted by Gasteiger charge is 2.07. The summed E-state index contributed by atoms with van der Waals surface area (Å²) in [6, 6.07) is 7.85. The zero-order valence-corrected chi connectivity index (χ0v) is 11.3. The third-order valence-corrected chi connectivity index (χ3v) is 2.87. The normalized spacial score (nSPS) is 10.1. The molecule has 1 aromatic carbocycles. The molecule has 0 aliphatic carbocycles. The number of nitrogens with two attached hydrogens (primary N) is 1. The van der Waals surface area contributed by atoms with Crippen LogP contribution < -0.4 is 10.6 Å². The Balaban J connectivity index is 2.86. The molecule has 98 valence electrons. The van der Waals surface area contributed by atoms with Crippen LogP contribution in [0.2, 0.25) is 0 Å². The van der Waals surface area contributed by atoms with E-state index in [2.05, 4.69) is 25.3 Å². The van der Waals surface area contributed by atoms with E-state index in [1.54, 1.807) is 0 Å². The minimum Gasteiger partial charge on any atom is -0.372 e. The van der Waals surface area contributed by atoms with Gasteiger partial charge in [-0.2, -0.15) is 0 Å². The minimum atomic E-state index is -0.471. The van der Waals surface area contributed by atoms with Gasteiger partial charge in [-0.1, -0.05) is 32.6 Å². The van der Waals surface area contributed by atoms with E-state index in [0.29, 0.717) is 5.57 Å². The van der Waals surface area contributed by atoms with Crippen LogP contribution in [0.1, 0.15) is 32.3 Å². The molecule has 0 fully saturated rings. The van der Waals surface area contributed by atoms with Crippen LogP contribution in [0.25, 0.3) is 5.57 Å². The number of rotatable bonds is 7. The van der Waals surface area contributed by atoms with E-state index in [1.165, 1.54) is 5.69 Å². The van der Waals surface area contributed by atoms with Crippen molar-refractivity contribution in [1.29, 1.82) is 0 Å². The molecule has 3 nitrogen and oxygen atoms in total. The summed E-state index contributed by atoms with van der Waals surface area (Å²) in [5.74, 6) is -0.471. The molecule has 0 spiro atoms. The number of anilines is 1. The van der Waals surface area contributed by atoms with Gasteiger partial charge in [0.25, 0.3) is 0 Å². The van der Waals surface area contributed by atoms with Crippen LogP contribution in [0.15, 0.2) is 30.8 Å². The monoisotopic (exact) mass is 246 g/mol. The maximum absolute atomic E-state index is 11.0. The third-order valence-electron chi connectivity index (χ3n) is 2.87. The van der Waals surface area contributed by atoms with E-state index in [4.69, 9.17) is 5.73 Å². The summed E-state index contributed by atoms with van der Waals surface area (Å²) in [5.41, 5.74) is 7.54. The van der Waals surface area contributed by atoms with Crippen molar-refractivity contribution in [2.45, 2.75) is 26.7 Å². The number of carbonyl (C=O) groups excluding carboxylic acids is 1. The average molecular weight is 246 g/mol. The molecule has 0 saturated heterocycles. The van der Waals surface area contributed by atoms with Crippen LogP contribution in [0.4, 0.5) is 5.69 Å². The maximum Gasteiger partial charge on any atom is 0.248 e. The fourth-order valence-electron chi connectivity index (χ4n) is 1.93. The molecule has 3 heteroatoms. The van der Waals surface area contributed by atoms with Gasteiger partial charge < -0.3 is 10.6 Å². The van der Waals surface area contributed by atoms with Gasteiger partial charge in [0.2, 0.25) is 5.91 Å². The molecule has 1 rings (SSSR count). The van der Waals surface area contributed by atoms with Crippen LogP contribution in [0.3, 0.4) is 0 Å². The van der Waals surface area contributed by atoms with Gasteiger partial charge in [0, 0.05) is 24.4 Å². The van der Waals surface area contributed by atoms with Gasteiger partial charge in [0.1, 0.15) is 0 Å². The molecule has 0 bridgehead atoms. The Morgan fingerprint density at radius 1 is 1.17 bits per heavy atom. The molecule has 0 aliphatic heterocycles. The molecule has 0 unspecified atom stereocenters. The Hall–Kier alpha value is -1.77. The van der Waals surface area contributed by atoms with Crippen LogP contribution in [0.5, 0.6) is 0 Å². The highest BCUT2D eigenvalue weighted by Crippen LogP contribution is 2.19. The van der Waals surface area contributed by atoms with Gasteiger partial charge in [-0.3, -0.25) is 4.79 Å². The van der Waals surface area contributed by atoms with Crippen LogP contribution >= 0.6 is 0 Å². The first-order chi connectivity index (χ1) is 8.60. The number of nitrogens with zero attached hydrogens (tertiary/aromatic N) is 1. The molecular formula is C15H22N2O. The first kappa shape index (κ1) is 14.3. The Morgan fingerprint density at radius 3 is 2.06 bits per heavy atom. The minimum absolute atomic E-state index is 0.360. The smallest absolute Gasteiger partial charge is 0.248 e. The van der Waals surface area contributed by atoms with Crippen molar-refractivity contribution in [2.24, 2.45) is 5.73 Å². The lowest BCUT2D eigenvalue weighted by atomic mass is 10.1. The molecular weight excluding hydrogens is 224 g/mol. The quantitative estimate of drug-likeness (QED) is 0.752. The van der Waals surface area contributed by atoms with Crippen LogP contribution in [-0.4, -0.2) is 19.0 Å². The Kier molecular flexibility index (Phi) is 5.43. The van der Waals surface area contributed by atoms with Crippen molar-refractivity contribution in [3.8, 4) is 0 Å². The van der Waals surface area contributed by atoms with E-state index in [-0.39, 0.29) is 0 Å². The van der Waals surface area contributed by atoms with Gasteiger partial charge in [-0.05, 0) is 30.5 Å². The number of hydrogen-bond donors (Lipinski definition) is 1. The van der Waals surface area contributed by atoms with Crippen molar-refractivity contribution >= 4 is 17.2 Å². The summed E-state index contributed by atoms with van der Waals surface area (Å²) < 4.78 is 0. The molecule has 0 atom stereocenters. The first-order valence-corrected chi connectivity index (χ1v) is 6.44. The molecule has 0 heterocycles. The number of amides is 1. The van der Waals surface area contributed by atoms with Crippen LogP contribution in [-0.2, 0) is 4.79 Å². The standard InChI is InChI=1S/C15H22N2O/c1-4-10-17(11-5-2)14-8-6-13(7-9-14)12(3)15(16)18/h6-9H,3-5,10-11H2,1-2H3,(H2,16,18). The van der Waals surface area contributed by atoms with Crippen molar-refractivity contribution in [3.63, 3.8) is 0 Å². The second-order valence-corrected chi connectivity index (χ2v) is 4.38. The third kappa shape index (κ3) is 3.62. The second kappa shape index (κ2) is 6.84. The van der Waals surface area contributed by atoms with Crippen molar-refractivity contribution < 1.29 is 4.79 Å². The molecule has 0 aromatic heterocycles. The predicted octanol–water partition coefficient (Wildman–Crippen LogP) is 2.81. The molecule has 18 heavy (non-hydrogen) atoms. The SMILES string of the molecule is C=C(C(N)=O)c1ccc(N(CCC)CCC)cc1. The summed E-state index contributed by atoms with van der Waals surface area (Å²) in [5, 5.41) is 0. The molecule has 0 saturated carbocycles. The lowest BCUT2D eigenvalue weighted by molar-refractivity contribution is -0.112. The van der Waals surface area contributed by atoms with Crippen molar-refractivity contribution in [3.05, 3.63) is 36.4 Å². The first-order valence-electron chi connectivity index (χ1n) is 6.44. The van der Waals surface area contributed by atoms with Gasteiger partial charge in [-0.15, -0.1) is 0 Å². The zero-order chi connectivity index (χ0) is 13.5. The lowest BCUT2D eigenvalue weighted by Gasteiger charge is -2.24. The van der Waals surface area contributed by atoms with Crippen molar-refractivity contribution in [2.75, 3.05) is 18.0 Å². The van der Waals surface area contributed by atoms with Crippen LogP contribution in [0, 0.1) is 0 Å². The van der Waals surface area contributed by atoms with Gasteiger partial charge in [0.15, 0.2) is 0 Å². The molecule has 1 amide bonds. The molecule has 0 radical (unpaired) electrons. The van der Waals surface area contributed by atoms with Gasteiger partial charge in [0.05, 0.1) is 0 Å². The molecule has 0 aliphatic rings. The Labute approximate surface area is 109 Å². The topological polar surface area (TPSA) is 46.3 Å². The fraction of sp³-hybridized carbons (Fsp3) is 0.400. The summed E-state index contributed by atoms with van der Waals surface area (Å²) in [7, 11) is 0. The van der Waals surface area contributed by atoms with E-state index in [1.807, 2.05) is 24.3 Å². The van der Waals surface area contributed by atoms with Crippen molar-refractivity contribution in [1.82, 2.24) is 0 Å². The van der Waals surface area contributed by atoms with E-state index >= 15 is 0 Å². The summed E-state index contributed by atoms with van der Waals surface area (Å²) in [6.07, 6.45) is 2.24. The highest BCUT2D eigenvalue weighted by molar-refractivity contribution is 6.17. The fourth-order valence-corrected chi connectivity index (χ4v) is 1.93. The number of benzene rings is 1. The predicted molar refractivity (Wildman–Crippen MR) is 77.5 cm³/mol. The van der Waals surface area contributed by atoms with E-state index < -0.39 is 5.91 Å². The largest absolute Gasteiger partial charge is 0.372 e. The second-order valence-electron chi connectivity index (χ2n) is 4.38. The number of hydrogen-bond acceptors (Lipinski definition) is 2. The average Bonchev–Trinajstić information content (AvgIpc) is 2.38. The van der Waals surface area contributed by atoms with Gasteiger partial charge in [-0.25, -0.2) is 0 Å². The molecule has 2 N–H and O–H groups in total. The summed E-state index contributed by atoms with van der Waals surface area (Å²) in [6.45, 7) is 10.1. The maximum atomic E-state index is 11.0. The molecule has 1 aromatic rings. The highest BCUT2D eigenvalue weighted by atomic mass is 16.1. The zero-order valence-electron chi connectivity index (χ0n) is 11.3. The lowest BCUT2D eigenvalue weighted by Crippen LogP contribution is -2.24.